The van der Waals surface area contributed by atoms with E-state index in [9.17, 15) is 4.39 Å². The summed E-state index contributed by atoms with van der Waals surface area (Å²) in [6.45, 7) is 1.31. The number of nitrogens with zero attached hydrogens (tertiary/aromatic N) is 2. The SMILES string of the molecule is NCCCN(c1ccc(F)cc1)c1ccc(Cl)cn1. The highest BCUT2D eigenvalue weighted by atomic mass is 35.5. The average Bonchev–Trinajstić information content (AvgIpc) is 2.43. The Morgan fingerprint density at radius 3 is 2.47 bits per heavy atom. The van der Waals surface area contributed by atoms with E-state index in [4.69, 9.17) is 17.3 Å². The number of benzene rings is 1. The van der Waals surface area contributed by atoms with E-state index >= 15 is 0 Å². The van der Waals surface area contributed by atoms with Crippen LogP contribution >= 0.6 is 11.6 Å². The lowest BCUT2D eigenvalue weighted by Gasteiger charge is -2.23. The molecule has 0 spiro atoms. The molecule has 5 heteroatoms. The lowest BCUT2D eigenvalue weighted by molar-refractivity contribution is 0.627. The molecule has 0 saturated heterocycles. The van der Waals surface area contributed by atoms with Crippen molar-refractivity contribution in [3.05, 3.63) is 53.4 Å². The fraction of sp³-hybridized carbons (Fsp3) is 0.214. The third-order valence-corrected chi connectivity index (χ3v) is 2.94. The van der Waals surface area contributed by atoms with Gasteiger partial charge in [-0.2, -0.15) is 0 Å². The second-order valence-corrected chi connectivity index (χ2v) is 4.54. The first-order valence-corrected chi connectivity index (χ1v) is 6.43. The molecule has 1 heterocycles. The largest absolute Gasteiger partial charge is 0.330 e. The molecule has 1 aromatic heterocycles. The lowest BCUT2D eigenvalue weighted by atomic mass is 10.2. The number of anilines is 2. The van der Waals surface area contributed by atoms with Crippen LogP contribution in [0.4, 0.5) is 15.9 Å². The quantitative estimate of drug-likeness (QED) is 0.912. The fourth-order valence-corrected chi connectivity index (χ4v) is 1.89. The van der Waals surface area contributed by atoms with Gasteiger partial charge in [-0.05, 0) is 49.4 Å². The molecule has 3 nitrogen and oxygen atoms in total. The van der Waals surface area contributed by atoms with Gasteiger partial charge in [-0.1, -0.05) is 11.6 Å². The third-order valence-electron chi connectivity index (χ3n) is 2.71. The average molecular weight is 280 g/mol. The topological polar surface area (TPSA) is 42.1 Å². The van der Waals surface area contributed by atoms with Crippen LogP contribution in [0, 0.1) is 5.82 Å². The molecule has 2 aromatic rings. The highest BCUT2D eigenvalue weighted by Gasteiger charge is 2.10. The van der Waals surface area contributed by atoms with Crippen LogP contribution in [0.2, 0.25) is 5.02 Å². The second-order valence-electron chi connectivity index (χ2n) is 4.10. The van der Waals surface area contributed by atoms with Gasteiger partial charge in [0.1, 0.15) is 11.6 Å². The number of aromatic nitrogens is 1. The van der Waals surface area contributed by atoms with Crippen LogP contribution in [0.1, 0.15) is 6.42 Å². The molecule has 2 rings (SSSR count). The summed E-state index contributed by atoms with van der Waals surface area (Å²) in [5.41, 5.74) is 6.43. The molecule has 0 fully saturated rings. The van der Waals surface area contributed by atoms with E-state index in [0.717, 1.165) is 24.5 Å². The summed E-state index contributed by atoms with van der Waals surface area (Å²) in [5, 5.41) is 0.585. The van der Waals surface area contributed by atoms with Gasteiger partial charge in [-0.15, -0.1) is 0 Å². The Hall–Kier alpha value is -1.65. The number of pyridine rings is 1. The Morgan fingerprint density at radius 2 is 1.89 bits per heavy atom. The van der Waals surface area contributed by atoms with Gasteiger partial charge < -0.3 is 10.6 Å². The maximum atomic E-state index is 13.0. The van der Waals surface area contributed by atoms with Gasteiger partial charge in [0.2, 0.25) is 0 Å². The Labute approximate surface area is 116 Å². The molecular formula is C14H15ClFN3. The minimum absolute atomic E-state index is 0.258. The fourth-order valence-electron chi connectivity index (χ4n) is 1.77. The maximum absolute atomic E-state index is 13.0. The first-order chi connectivity index (χ1) is 9.20. The van der Waals surface area contributed by atoms with Gasteiger partial charge in [-0.25, -0.2) is 9.37 Å². The van der Waals surface area contributed by atoms with Crippen LogP contribution in [0.15, 0.2) is 42.6 Å². The lowest BCUT2D eigenvalue weighted by Crippen LogP contribution is -2.21. The van der Waals surface area contributed by atoms with Gasteiger partial charge in [-0.3, -0.25) is 0 Å². The summed E-state index contributed by atoms with van der Waals surface area (Å²) < 4.78 is 13.0. The maximum Gasteiger partial charge on any atom is 0.133 e. The number of hydrogen-bond acceptors (Lipinski definition) is 3. The first kappa shape index (κ1) is 13.8. The Bertz CT molecular complexity index is 468. The van der Waals surface area contributed by atoms with Crippen LogP contribution in [-0.4, -0.2) is 18.1 Å². The minimum Gasteiger partial charge on any atom is -0.330 e. The van der Waals surface area contributed by atoms with Gasteiger partial charge in [0.25, 0.3) is 0 Å². The number of hydrogen-bond donors (Lipinski definition) is 1. The molecule has 0 bridgehead atoms. The van der Waals surface area contributed by atoms with E-state index in [1.807, 2.05) is 11.0 Å². The molecule has 0 aliphatic carbocycles. The molecule has 19 heavy (non-hydrogen) atoms. The van der Waals surface area contributed by atoms with Crippen molar-refractivity contribution in [1.82, 2.24) is 4.98 Å². The zero-order valence-corrected chi connectivity index (χ0v) is 11.1. The van der Waals surface area contributed by atoms with Crippen molar-refractivity contribution in [3.63, 3.8) is 0 Å². The van der Waals surface area contributed by atoms with Crippen LogP contribution in [0.3, 0.4) is 0 Å². The Balaban J connectivity index is 2.29. The van der Waals surface area contributed by atoms with Crippen molar-refractivity contribution >= 4 is 23.1 Å². The summed E-state index contributed by atoms with van der Waals surface area (Å²) in [6, 6.07) is 9.93. The second kappa shape index (κ2) is 6.50. The Kier molecular flexibility index (Phi) is 4.71. The monoisotopic (exact) mass is 279 g/mol. The van der Waals surface area contributed by atoms with Gasteiger partial charge in [0, 0.05) is 18.4 Å². The summed E-state index contributed by atoms with van der Waals surface area (Å²) in [5.74, 6) is 0.510. The van der Waals surface area contributed by atoms with E-state index in [1.165, 1.54) is 12.1 Å². The first-order valence-electron chi connectivity index (χ1n) is 6.05. The highest BCUT2D eigenvalue weighted by molar-refractivity contribution is 6.30. The summed E-state index contributed by atoms with van der Waals surface area (Å²) >= 11 is 5.84. The molecule has 0 atom stereocenters. The van der Waals surface area contributed by atoms with E-state index in [1.54, 1.807) is 24.4 Å². The zero-order chi connectivity index (χ0) is 13.7. The number of halogens is 2. The van der Waals surface area contributed by atoms with Crippen molar-refractivity contribution in [3.8, 4) is 0 Å². The standard InChI is InChI=1S/C14H15ClFN3/c15-11-2-7-14(18-10-11)19(9-1-8-17)13-5-3-12(16)4-6-13/h2-7,10H,1,8-9,17H2. The van der Waals surface area contributed by atoms with Crippen LogP contribution in [0.25, 0.3) is 0 Å². The van der Waals surface area contributed by atoms with Crippen LogP contribution < -0.4 is 10.6 Å². The minimum atomic E-state index is -0.258. The molecule has 0 amide bonds. The Morgan fingerprint density at radius 1 is 1.16 bits per heavy atom. The number of rotatable bonds is 5. The summed E-state index contributed by atoms with van der Waals surface area (Å²) in [6.07, 6.45) is 2.41. The van der Waals surface area contributed by atoms with Crippen molar-refractivity contribution in [2.45, 2.75) is 6.42 Å². The summed E-state index contributed by atoms with van der Waals surface area (Å²) in [7, 11) is 0. The van der Waals surface area contributed by atoms with Gasteiger partial charge in [0.15, 0.2) is 0 Å². The van der Waals surface area contributed by atoms with E-state index in [0.29, 0.717) is 11.6 Å². The predicted molar refractivity (Wildman–Crippen MR) is 76.3 cm³/mol. The van der Waals surface area contributed by atoms with Crippen molar-refractivity contribution < 1.29 is 4.39 Å². The summed E-state index contributed by atoms with van der Waals surface area (Å²) in [4.78, 5) is 6.28. The number of nitrogens with two attached hydrogens (primary N) is 1. The molecule has 2 N–H and O–H groups in total. The van der Waals surface area contributed by atoms with Gasteiger partial charge in [0.05, 0.1) is 5.02 Å². The van der Waals surface area contributed by atoms with Crippen LogP contribution in [0.5, 0.6) is 0 Å². The molecule has 100 valence electrons. The van der Waals surface area contributed by atoms with E-state index < -0.39 is 0 Å². The third kappa shape index (κ3) is 3.66. The van der Waals surface area contributed by atoms with Crippen molar-refractivity contribution in [2.75, 3.05) is 18.0 Å². The van der Waals surface area contributed by atoms with Crippen LogP contribution in [-0.2, 0) is 0 Å². The van der Waals surface area contributed by atoms with Gasteiger partial charge >= 0.3 is 0 Å². The molecule has 0 unspecified atom stereocenters. The highest BCUT2D eigenvalue weighted by Crippen LogP contribution is 2.24. The van der Waals surface area contributed by atoms with E-state index in [-0.39, 0.29) is 5.82 Å². The molecule has 0 radical (unpaired) electrons. The molecule has 1 aromatic carbocycles. The predicted octanol–water partition coefficient (Wildman–Crippen LogP) is 3.36. The van der Waals surface area contributed by atoms with E-state index in [2.05, 4.69) is 4.98 Å². The van der Waals surface area contributed by atoms with Crippen molar-refractivity contribution in [1.29, 1.82) is 0 Å². The molecule has 0 aliphatic heterocycles. The molecular weight excluding hydrogens is 265 g/mol. The smallest absolute Gasteiger partial charge is 0.133 e. The van der Waals surface area contributed by atoms with Crippen molar-refractivity contribution in [2.24, 2.45) is 5.73 Å². The molecule has 0 saturated carbocycles. The zero-order valence-electron chi connectivity index (χ0n) is 10.4. The molecule has 0 aliphatic rings. The normalized spacial score (nSPS) is 10.5.